The molecule has 0 aromatic heterocycles. The Morgan fingerprint density at radius 1 is 1.17 bits per heavy atom. The van der Waals surface area contributed by atoms with Crippen molar-refractivity contribution < 1.29 is 9.90 Å². The van der Waals surface area contributed by atoms with Crippen molar-refractivity contribution >= 4 is 17.3 Å². The number of rotatable bonds is 7. The first-order valence-electron chi connectivity index (χ1n) is 7.76. The van der Waals surface area contributed by atoms with Gasteiger partial charge in [-0.1, -0.05) is 32.0 Å². The van der Waals surface area contributed by atoms with E-state index in [1.54, 1.807) is 18.7 Å². The van der Waals surface area contributed by atoms with E-state index in [0.29, 0.717) is 13.1 Å². The molecule has 1 rings (SSSR count). The van der Waals surface area contributed by atoms with E-state index in [0.717, 1.165) is 5.69 Å². The van der Waals surface area contributed by atoms with Crippen LogP contribution in [-0.4, -0.2) is 48.8 Å². The number of carbonyl (C=O) groups excluding carboxylic acids is 1. The van der Waals surface area contributed by atoms with Crippen LogP contribution in [0, 0.1) is 11.3 Å². The Morgan fingerprint density at radius 2 is 1.74 bits per heavy atom. The van der Waals surface area contributed by atoms with E-state index >= 15 is 0 Å². The number of para-hydroxylation sites is 1. The van der Waals surface area contributed by atoms with Gasteiger partial charge in [-0.05, 0) is 33.2 Å². The molecule has 1 amide bonds. The molecule has 0 saturated heterocycles. The Morgan fingerprint density at radius 3 is 2.17 bits per heavy atom. The Balaban J connectivity index is 3.26. The molecule has 0 heterocycles. The maximum Gasteiger partial charge on any atom is 0.263 e. The number of carbonyl (C=O) groups is 1. The van der Waals surface area contributed by atoms with Gasteiger partial charge in [-0.15, -0.1) is 0 Å². The minimum absolute atomic E-state index is 0.0340. The third kappa shape index (κ3) is 5.21. The number of benzene rings is 1. The van der Waals surface area contributed by atoms with Crippen LogP contribution in [0.3, 0.4) is 0 Å². The quantitative estimate of drug-likeness (QED) is 0.461. The maximum atomic E-state index is 13.0. The van der Waals surface area contributed by atoms with E-state index in [4.69, 9.17) is 5.41 Å². The van der Waals surface area contributed by atoms with Crippen LogP contribution in [0.15, 0.2) is 41.7 Å². The zero-order valence-electron chi connectivity index (χ0n) is 14.6. The second kappa shape index (κ2) is 8.48. The SMILES string of the molecule is CC(=N)/C(C(=O)N(CCN(C)C)c1ccccc1)=C(\O)C(C)C. The number of likely N-dealkylation sites (N-methyl/N-ethyl adjacent to an activating group) is 1. The van der Waals surface area contributed by atoms with E-state index in [1.165, 1.54) is 6.92 Å². The lowest BCUT2D eigenvalue weighted by Crippen LogP contribution is -2.39. The average Bonchev–Trinajstić information content (AvgIpc) is 2.47. The number of allylic oxidation sites excluding steroid dienone is 1. The summed E-state index contributed by atoms with van der Waals surface area (Å²) in [5, 5.41) is 18.2. The first kappa shape index (κ1) is 18.9. The molecule has 1 aromatic carbocycles. The summed E-state index contributed by atoms with van der Waals surface area (Å²) in [5.41, 5.74) is 0.921. The van der Waals surface area contributed by atoms with Crippen LogP contribution < -0.4 is 4.90 Å². The molecular weight excluding hydrogens is 290 g/mol. The molecule has 0 unspecified atom stereocenters. The van der Waals surface area contributed by atoms with Crippen LogP contribution >= 0.6 is 0 Å². The summed E-state index contributed by atoms with van der Waals surface area (Å²) in [5.74, 6) is -0.578. The van der Waals surface area contributed by atoms with E-state index in [2.05, 4.69) is 0 Å². The van der Waals surface area contributed by atoms with Crippen molar-refractivity contribution in [2.75, 3.05) is 32.1 Å². The number of hydrogen-bond acceptors (Lipinski definition) is 4. The Labute approximate surface area is 138 Å². The number of nitrogens with zero attached hydrogens (tertiary/aromatic N) is 2. The van der Waals surface area contributed by atoms with Gasteiger partial charge in [0.15, 0.2) is 0 Å². The molecule has 5 nitrogen and oxygen atoms in total. The molecule has 2 N–H and O–H groups in total. The molecule has 0 saturated carbocycles. The molecule has 126 valence electrons. The van der Waals surface area contributed by atoms with Gasteiger partial charge >= 0.3 is 0 Å². The van der Waals surface area contributed by atoms with Crippen LogP contribution in [0.25, 0.3) is 0 Å². The second-order valence-electron chi connectivity index (χ2n) is 6.14. The van der Waals surface area contributed by atoms with Crippen molar-refractivity contribution in [3.8, 4) is 0 Å². The summed E-state index contributed by atoms with van der Waals surface area (Å²) >= 11 is 0. The number of anilines is 1. The number of amides is 1. The maximum absolute atomic E-state index is 13.0. The zero-order chi connectivity index (χ0) is 17.6. The molecular formula is C18H27N3O2. The van der Waals surface area contributed by atoms with Gasteiger partial charge in [-0.3, -0.25) is 4.79 Å². The van der Waals surface area contributed by atoms with Crippen molar-refractivity contribution in [2.45, 2.75) is 20.8 Å². The lowest BCUT2D eigenvalue weighted by Gasteiger charge is -2.26. The summed E-state index contributed by atoms with van der Waals surface area (Å²) in [7, 11) is 3.88. The Bertz CT molecular complexity index is 577. The summed E-state index contributed by atoms with van der Waals surface area (Å²) in [4.78, 5) is 16.6. The molecule has 0 aliphatic carbocycles. The summed E-state index contributed by atoms with van der Waals surface area (Å²) in [6.07, 6.45) is 0. The van der Waals surface area contributed by atoms with Crippen molar-refractivity contribution in [3.63, 3.8) is 0 Å². The van der Waals surface area contributed by atoms with Crippen LogP contribution in [0.1, 0.15) is 20.8 Å². The van der Waals surface area contributed by atoms with Gasteiger partial charge in [0, 0.05) is 30.4 Å². The molecule has 0 fully saturated rings. The average molecular weight is 317 g/mol. The van der Waals surface area contributed by atoms with Crippen molar-refractivity contribution in [1.82, 2.24) is 4.90 Å². The molecule has 1 aromatic rings. The molecule has 0 spiro atoms. The molecule has 23 heavy (non-hydrogen) atoms. The predicted octanol–water partition coefficient (Wildman–Crippen LogP) is 3.09. The highest BCUT2D eigenvalue weighted by Gasteiger charge is 2.25. The normalized spacial score (nSPS) is 12.3. The minimum Gasteiger partial charge on any atom is -0.511 e. The van der Waals surface area contributed by atoms with Crippen molar-refractivity contribution in [2.24, 2.45) is 5.92 Å². The molecule has 0 radical (unpaired) electrons. The fraction of sp³-hybridized carbons (Fsp3) is 0.444. The van der Waals surface area contributed by atoms with Gasteiger partial charge in [0.05, 0.1) is 5.57 Å². The molecule has 5 heteroatoms. The fourth-order valence-corrected chi connectivity index (χ4v) is 2.14. The van der Waals surface area contributed by atoms with Crippen LogP contribution in [0.4, 0.5) is 5.69 Å². The summed E-state index contributed by atoms with van der Waals surface area (Å²) in [6, 6.07) is 9.35. The van der Waals surface area contributed by atoms with Gasteiger partial charge in [0.2, 0.25) is 0 Å². The number of nitrogens with one attached hydrogen (secondary N) is 1. The Kier molecular flexibility index (Phi) is 6.97. The number of aliphatic hydroxyl groups excluding tert-OH is 1. The largest absolute Gasteiger partial charge is 0.511 e. The van der Waals surface area contributed by atoms with E-state index in [9.17, 15) is 9.90 Å². The first-order valence-corrected chi connectivity index (χ1v) is 7.76. The Hall–Kier alpha value is -2.14. The van der Waals surface area contributed by atoms with Gasteiger partial charge < -0.3 is 20.3 Å². The highest BCUT2D eigenvalue weighted by Crippen LogP contribution is 2.20. The molecule has 0 aliphatic heterocycles. The standard InChI is InChI=1S/C18H27N3O2/c1-13(2)17(22)16(14(3)19)18(23)21(12-11-20(4)5)15-9-7-6-8-10-15/h6-10,13,19,22H,11-12H2,1-5H3/b17-16+,19-14?. The highest BCUT2D eigenvalue weighted by atomic mass is 16.3. The lowest BCUT2D eigenvalue weighted by molar-refractivity contribution is -0.114. The smallest absolute Gasteiger partial charge is 0.263 e. The summed E-state index contributed by atoms with van der Waals surface area (Å²) < 4.78 is 0. The fourth-order valence-electron chi connectivity index (χ4n) is 2.14. The van der Waals surface area contributed by atoms with Gasteiger partial charge in [0.25, 0.3) is 5.91 Å². The number of aliphatic hydroxyl groups is 1. The lowest BCUT2D eigenvalue weighted by atomic mass is 10.0. The van der Waals surface area contributed by atoms with Crippen LogP contribution in [0.2, 0.25) is 0 Å². The van der Waals surface area contributed by atoms with E-state index < -0.39 is 0 Å². The van der Waals surface area contributed by atoms with Crippen molar-refractivity contribution in [3.05, 3.63) is 41.7 Å². The molecule has 0 bridgehead atoms. The van der Waals surface area contributed by atoms with Gasteiger partial charge in [0.1, 0.15) is 5.76 Å². The molecule has 0 aliphatic rings. The van der Waals surface area contributed by atoms with Gasteiger partial charge in [-0.25, -0.2) is 0 Å². The third-order valence-electron chi connectivity index (χ3n) is 3.48. The number of hydrogen-bond donors (Lipinski definition) is 2. The zero-order valence-corrected chi connectivity index (χ0v) is 14.6. The van der Waals surface area contributed by atoms with Crippen LogP contribution in [0.5, 0.6) is 0 Å². The van der Waals surface area contributed by atoms with E-state index in [-0.39, 0.29) is 28.9 Å². The first-order chi connectivity index (χ1) is 10.8. The highest BCUT2D eigenvalue weighted by molar-refractivity contribution is 6.24. The second-order valence-corrected chi connectivity index (χ2v) is 6.14. The summed E-state index contributed by atoms with van der Waals surface area (Å²) in [6.45, 7) is 6.31. The monoisotopic (exact) mass is 317 g/mol. The minimum atomic E-state index is -0.336. The third-order valence-corrected chi connectivity index (χ3v) is 3.48. The predicted molar refractivity (Wildman–Crippen MR) is 95.2 cm³/mol. The van der Waals surface area contributed by atoms with E-state index in [1.807, 2.05) is 49.3 Å². The van der Waals surface area contributed by atoms with Crippen molar-refractivity contribution in [1.29, 1.82) is 5.41 Å². The topological polar surface area (TPSA) is 67.6 Å². The van der Waals surface area contributed by atoms with Gasteiger partial charge in [-0.2, -0.15) is 0 Å². The van der Waals surface area contributed by atoms with Crippen LogP contribution in [-0.2, 0) is 4.79 Å². The molecule has 0 atom stereocenters.